The lowest BCUT2D eigenvalue weighted by Gasteiger charge is -2.02. The van der Waals surface area contributed by atoms with E-state index in [1.54, 1.807) is 24.3 Å². The SMILES string of the molecule is Fc1cccc(OCc2nnc(-c3ccc(Br)o3)o2)c1. The van der Waals surface area contributed by atoms with Gasteiger partial charge in [0.25, 0.3) is 11.8 Å². The van der Waals surface area contributed by atoms with Crippen LogP contribution in [0.2, 0.25) is 0 Å². The van der Waals surface area contributed by atoms with Gasteiger partial charge in [0.15, 0.2) is 17.0 Å². The Hall–Kier alpha value is -2.15. The van der Waals surface area contributed by atoms with Gasteiger partial charge in [-0.25, -0.2) is 4.39 Å². The van der Waals surface area contributed by atoms with E-state index >= 15 is 0 Å². The van der Waals surface area contributed by atoms with Crippen LogP contribution in [0.5, 0.6) is 5.75 Å². The third-order valence-electron chi connectivity index (χ3n) is 2.41. The van der Waals surface area contributed by atoms with Gasteiger partial charge in [-0.1, -0.05) is 6.07 Å². The highest BCUT2D eigenvalue weighted by molar-refractivity contribution is 9.10. The highest BCUT2D eigenvalue weighted by atomic mass is 79.9. The Bertz CT molecular complexity index is 726. The molecule has 0 aliphatic rings. The molecular formula is C13H8BrFN2O3. The van der Waals surface area contributed by atoms with Crippen LogP contribution in [-0.4, -0.2) is 10.2 Å². The molecule has 0 unspecified atom stereocenters. The summed E-state index contributed by atoms with van der Waals surface area (Å²) in [6.07, 6.45) is 0. The number of rotatable bonds is 4. The number of hydrogen-bond donors (Lipinski definition) is 0. The average molecular weight is 339 g/mol. The molecule has 20 heavy (non-hydrogen) atoms. The Morgan fingerprint density at radius 1 is 1.15 bits per heavy atom. The molecule has 7 heteroatoms. The van der Waals surface area contributed by atoms with Crippen molar-refractivity contribution in [3.63, 3.8) is 0 Å². The minimum Gasteiger partial charge on any atom is -0.484 e. The zero-order valence-electron chi connectivity index (χ0n) is 10.0. The molecule has 102 valence electrons. The molecular weight excluding hydrogens is 331 g/mol. The maximum atomic E-state index is 13.0. The third-order valence-corrected chi connectivity index (χ3v) is 2.84. The summed E-state index contributed by atoms with van der Waals surface area (Å²) >= 11 is 3.19. The summed E-state index contributed by atoms with van der Waals surface area (Å²) in [6, 6.07) is 9.25. The van der Waals surface area contributed by atoms with Crippen LogP contribution in [0.15, 0.2) is 49.9 Å². The second-order valence-corrected chi connectivity index (χ2v) is 4.63. The average Bonchev–Trinajstić information content (AvgIpc) is 3.05. The van der Waals surface area contributed by atoms with Gasteiger partial charge in [0, 0.05) is 6.07 Å². The van der Waals surface area contributed by atoms with Crippen LogP contribution in [0.3, 0.4) is 0 Å². The summed E-state index contributed by atoms with van der Waals surface area (Å²) in [7, 11) is 0. The summed E-state index contributed by atoms with van der Waals surface area (Å²) in [5, 5.41) is 7.67. The molecule has 2 heterocycles. The van der Waals surface area contributed by atoms with Crippen LogP contribution < -0.4 is 4.74 Å². The molecule has 3 rings (SSSR count). The minimum absolute atomic E-state index is 0.0539. The van der Waals surface area contributed by atoms with Crippen LogP contribution in [0.1, 0.15) is 5.89 Å². The molecule has 5 nitrogen and oxygen atoms in total. The van der Waals surface area contributed by atoms with Gasteiger partial charge in [-0.15, -0.1) is 10.2 Å². The lowest BCUT2D eigenvalue weighted by atomic mass is 10.3. The molecule has 0 saturated heterocycles. The van der Waals surface area contributed by atoms with E-state index in [1.807, 2.05) is 0 Å². The van der Waals surface area contributed by atoms with Crippen LogP contribution in [0.4, 0.5) is 4.39 Å². The van der Waals surface area contributed by atoms with E-state index in [0.717, 1.165) is 0 Å². The second-order valence-electron chi connectivity index (χ2n) is 3.85. The summed E-state index contributed by atoms with van der Waals surface area (Å²) in [4.78, 5) is 0. The van der Waals surface area contributed by atoms with Gasteiger partial charge in [-0.3, -0.25) is 0 Å². The fourth-order valence-corrected chi connectivity index (χ4v) is 1.85. The first kappa shape index (κ1) is 12.9. The molecule has 0 fully saturated rings. The molecule has 0 saturated carbocycles. The smallest absolute Gasteiger partial charge is 0.283 e. The van der Waals surface area contributed by atoms with Crippen molar-refractivity contribution < 1.29 is 18.0 Å². The Kier molecular flexibility index (Phi) is 3.51. The van der Waals surface area contributed by atoms with E-state index in [1.165, 1.54) is 12.1 Å². The van der Waals surface area contributed by atoms with Crippen molar-refractivity contribution in [2.24, 2.45) is 0 Å². The fourth-order valence-electron chi connectivity index (χ4n) is 1.54. The van der Waals surface area contributed by atoms with Crippen molar-refractivity contribution >= 4 is 15.9 Å². The minimum atomic E-state index is -0.367. The van der Waals surface area contributed by atoms with Crippen molar-refractivity contribution in [1.82, 2.24) is 10.2 Å². The van der Waals surface area contributed by atoms with Crippen molar-refractivity contribution in [2.75, 3.05) is 0 Å². The van der Waals surface area contributed by atoms with E-state index in [-0.39, 0.29) is 24.2 Å². The highest BCUT2D eigenvalue weighted by Gasteiger charge is 2.12. The van der Waals surface area contributed by atoms with Crippen LogP contribution in [0.25, 0.3) is 11.7 Å². The third kappa shape index (κ3) is 2.88. The normalized spacial score (nSPS) is 10.7. The van der Waals surface area contributed by atoms with E-state index in [9.17, 15) is 4.39 Å². The van der Waals surface area contributed by atoms with Gasteiger partial charge in [0.05, 0.1) is 0 Å². The Labute approximate surface area is 121 Å². The summed E-state index contributed by atoms with van der Waals surface area (Å²) < 4.78 is 29.6. The number of nitrogens with zero attached hydrogens (tertiary/aromatic N) is 2. The maximum Gasteiger partial charge on any atom is 0.283 e. The topological polar surface area (TPSA) is 61.3 Å². The van der Waals surface area contributed by atoms with Crippen molar-refractivity contribution in [3.8, 4) is 17.4 Å². The molecule has 0 atom stereocenters. The number of furan rings is 1. The zero-order chi connectivity index (χ0) is 13.9. The van der Waals surface area contributed by atoms with E-state index in [2.05, 4.69) is 26.1 Å². The predicted molar refractivity (Wildman–Crippen MR) is 70.4 cm³/mol. The number of ether oxygens (including phenoxy) is 1. The molecule has 3 aromatic rings. The van der Waals surface area contributed by atoms with Crippen molar-refractivity contribution in [1.29, 1.82) is 0 Å². The van der Waals surface area contributed by atoms with Crippen LogP contribution in [0, 0.1) is 5.82 Å². The van der Waals surface area contributed by atoms with Crippen molar-refractivity contribution in [2.45, 2.75) is 6.61 Å². The lowest BCUT2D eigenvalue weighted by Crippen LogP contribution is -1.95. The van der Waals surface area contributed by atoms with E-state index in [4.69, 9.17) is 13.6 Å². The van der Waals surface area contributed by atoms with Gasteiger partial charge in [-0.2, -0.15) is 0 Å². The van der Waals surface area contributed by atoms with E-state index < -0.39 is 0 Å². The first-order valence-electron chi connectivity index (χ1n) is 5.67. The Morgan fingerprint density at radius 3 is 2.80 bits per heavy atom. The Balaban J connectivity index is 1.68. The van der Waals surface area contributed by atoms with Gasteiger partial charge < -0.3 is 13.6 Å². The summed E-state index contributed by atoms with van der Waals surface area (Å²) in [5.74, 6) is 1.02. The van der Waals surface area contributed by atoms with Gasteiger partial charge in [0.1, 0.15) is 11.6 Å². The zero-order valence-corrected chi connectivity index (χ0v) is 11.6. The van der Waals surface area contributed by atoms with Gasteiger partial charge in [0.2, 0.25) is 0 Å². The number of hydrogen-bond acceptors (Lipinski definition) is 5. The van der Waals surface area contributed by atoms with Crippen LogP contribution >= 0.6 is 15.9 Å². The lowest BCUT2D eigenvalue weighted by molar-refractivity contribution is 0.262. The molecule has 0 amide bonds. The second kappa shape index (κ2) is 5.46. The molecule has 0 aliphatic heterocycles. The molecule has 0 N–H and O–H groups in total. The van der Waals surface area contributed by atoms with Crippen LogP contribution in [-0.2, 0) is 6.61 Å². The fraction of sp³-hybridized carbons (Fsp3) is 0.0769. The number of benzene rings is 1. The standard InChI is InChI=1S/C13H8BrFN2O3/c14-11-5-4-10(19-11)13-17-16-12(20-13)7-18-9-3-1-2-8(15)6-9/h1-6H,7H2. The highest BCUT2D eigenvalue weighted by Crippen LogP contribution is 2.24. The quantitative estimate of drug-likeness (QED) is 0.723. The summed E-state index contributed by atoms with van der Waals surface area (Å²) in [5.41, 5.74) is 0. The Morgan fingerprint density at radius 2 is 2.05 bits per heavy atom. The first-order chi connectivity index (χ1) is 9.70. The molecule has 0 bridgehead atoms. The van der Waals surface area contributed by atoms with E-state index in [0.29, 0.717) is 16.2 Å². The largest absolute Gasteiger partial charge is 0.484 e. The first-order valence-corrected chi connectivity index (χ1v) is 6.46. The maximum absolute atomic E-state index is 13.0. The van der Waals surface area contributed by atoms with Crippen molar-refractivity contribution in [3.05, 3.63) is 52.8 Å². The van der Waals surface area contributed by atoms with Gasteiger partial charge >= 0.3 is 0 Å². The molecule has 0 spiro atoms. The predicted octanol–water partition coefficient (Wildman–Crippen LogP) is 3.81. The summed E-state index contributed by atoms with van der Waals surface area (Å²) in [6.45, 7) is 0.0539. The number of aromatic nitrogens is 2. The van der Waals surface area contributed by atoms with Gasteiger partial charge in [-0.05, 0) is 40.2 Å². The molecule has 2 aromatic heterocycles. The number of halogens is 2. The molecule has 0 radical (unpaired) electrons. The monoisotopic (exact) mass is 338 g/mol. The molecule has 1 aromatic carbocycles. The molecule has 0 aliphatic carbocycles.